The number of hydrogen-bond acceptors (Lipinski definition) is 6. The van der Waals surface area contributed by atoms with Gasteiger partial charge in [-0.25, -0.2) is 0 Å². The number of nitrogens with one attached hydrogen (secondary N) is 1. The summed E-state index contributed by atoms with van der Waals surface area (Å²) in [5.74, 6) is 3.89. The Balaban J connectivity index is 0.00000259. The molecule has 1 N–H and O–H groups in total. The van der Waals surface area contributed by atoms with Gasteiger partial charge in [0.15, 0.2) is 23.0 Å². The fourth-order valence-electron chi connectivity index (χ4n) is 4.91. The Morgan fingerprint density at radius 1 is 1.00 bits per heavy atom. The molecule has 0 aromatic heterocycles. The molecule has 2 aromatic carbocycles. The van der Waals surface area contributed by atoms with Crippen LogP contribution in [-0.4, -0.2) is 58.0 Å². The van der Waals surface area contributed by atoms with Crippen LogP contribution >= 0.6 is 12.4 Å². The number of hydrogen-bond donors (Lipinski definition) is 1. The molecule has 3 aliphatic rings. The van der Waals surface area contributed by atoms with Crippen LogP contribution in [0, 0.1) is 0 Å². The Kier molecular flexibility index (Phi) is 7.20. The number of carbonyl (C=O) groups excluding carboxylic acids is 1. The largest absolute Gasteiger partial charge is 0.493 e. The van der Waals surface area contributed by atoms with Crippen LogP contribution in [0.2, 0.25) is 0 Å². The maximum absolute atomic E-state index is 12.8. The van der Waals surface area contributed by atoms with Crippen molar-refractivity contribution in [3.05, 3.63) is 46.5 Å². The molecule has 0 fully saturated rings. The van der Waals surface area contributed by atoms with Crippen LogP contribution in [0.4, 0.5) is 0 Å². The second kappa shape index (κ2) is 10.1. The summed E-state index contributed by atoms with van der Waals surface area (Å²) >= 11 is 0. The van der Waals surface area contributed by atoms with Crippen molar-refractivity contribution in [2.75, 3.05) is 47.2 Å². The number of ether oxygens (including phenoxy) is 4. The van der Waals surface area contributed by atoms with Gasteiger partial charge >= 0.3 is 0 Å². The van der Waals surface area contributed by atoms with Crippen LogP contribution < -0.4 is 24.3 Å². The lowest BCUT2D eigenvalue weighted by atomic mass is 9.77. The summed E-state index contributed by atoms with van der Waals surface area (Å²) < 4.78 is 21.8. The quantitative estimate of drug-likeness (QED) is 0.622. The van der Waals surface area contributed by atoms with Gasteiger partial charge in [-0.1, -0.05) is 0 Å². The zero-order chi connectivity index (χ0) is 22.1. The lowest BCUT2D eigenvalue weighted by Crippen LogP contribution is -2.36. The molecule has 33 heavy (non-hydrogen) atoms. The number of methoxy groups -OCH3 is 2. The van der Waals surface area contributed by atoms with Crippen molar-refractivity contribution in [2.24, 2.45) is 0 Å². The highest BCUT2D eigenvalue weighted by atomic mass is 35.5. The molecule has 5 rings (SSSR count). The molecule has 0 bridgehead atoms. The lowest BCUT2D eigenvalue weighted by Gasteiger charge is -2.30. The van der Waals surface area contributed by atoms with Gasteiger partial charge in [0.25, 0.3) is 0 Å². The van der Waals surface area contributed by atoms with E-state index in [4.69, 9.17) is 18.9 Å². The number of nitrogens with zero attached hydrogens (tertiary/aromatic N) is 1. The van der Waals surface area contributed by atoms with E-state index in [0.29, 0.717) is 25.7 Å². The number of fused-ring (bicyclic) bond motifs is 3. The minimum atomic E-state index is 0. The highest BCUT2D eigenvalue weighted by Crippen LogP contribution is 2.43. The van der Waals surface area contributed by atoms with E-state index in [1.807, 2.05) is 17.0 Å². The van der Waals surface area contributed by atoms with E-state index in [-0.39, 0.29) is 18.3 Å². The summed E-state index contributed by atoms with van der Waals surface area (Å²) in [6.07, 6.45) is 3.24. The zero-order valence-electron chi connectivity index (χ0n) is 19.1. The molecule has 1 unspecified atom stereocenters. The molecule has 0 spiro atoms. The van der Waals surface area contributed by atoms with Gasteiger partial charge in [0.2, 0.25) is 12.7 Å². The Hall–Kier alpha value is -2.64. The third-order valence-corrected chi connectivity index (χ3v) is 6.81. The Morgan fingerprint density at radius 2 is 1.64 bits per heavy atom. The van der Waals surface area contributed by atoms with E-state index in [9.17, 15) is 4.79 Å². The van der Waals surface area contributed by atoms with Gasteiger partial charge in [0.1, 0.15) is 0 Å². The molecule has 0 radical (unpaired) electrons. The summed E-state index contributed by atoms with van der Waals surface area (Å²) in [6.45, 7) is 3.37. The first-order chi connectivity index (χ1) is 15.7. The van der Waals surface area contributed by atoms with Crippen LogP contribution in [0.15, 0.2) is 24.3 Å². The van der Waals surface area contributed by atoms with Crippen molar-refractivity contribution in [1.82, 2.24) is 10.2 Å². The molecule has 7 nitrogen and oxygen atoms in total. The molecule has 1 aliphatic carbocycles. The summed E-state index contributed by atoms with van der Waals surface area (Å²) in [6, 6.07) is 8.30. The molecule has 178 valence electrons. The van der Waals surface area contributed by atoms with Gasteiger partial charge in [-0.05, 0) is 65.8 Å². The molecule has 2 heterocycles. The standard InChI is InChI=1S/C25H30N2O5.ClH/c1-29-21-10-16-4-7-27(8-5-17(16)11-22(21)30-2)25(28)3-6-26-14-19-9-18-12-23-24(13-20(18)19)32-15-31-23;/h10-13,19,26H,3-9,14-15H2,1-2H3;1H. The molecule has 1 amide bonds. The van der Waals surface area contributed by atoms with Crippen molar-refractivity contribution < 1.29 is 23.7 Å². The lowest BCUT2D eigenvalue weighted by molar-refractivity contribution is -0.131. The van der Waals surface area contributed by atoms with Crippen molar-refractivity contribution in [1.29, 1.82) is 0 Å². The Labute approximate surface area is 200 Å². The molecular weight excluding hydrogens is 444 g/mol. The number of benzene rings is 2. The first-order valence-corrected chi connectivity index (χ1v) is 11.3. The molecule has 0 saturated carbocycles. The van der Waals surface area contributed by atoms with Crippen LogP contribution in [0.1, 0.15) is 34.6 Å². The zero-order valence-corrected chi connectivity index (χ0v) is 20.0. The molecule has 2 aliphatic heterocycles. The van der Waals surface area contributed by atoms with Gasteiger partial charge in [-0.3, -0.25) is 4.79 Å². The minimum absolute atomic E-state index is 0. The topological polar surface area (TPSA) is 69.3 Å². The van der Waals surface area contributed by atoms with Crippen LogP contribution in [0.25, 0.3) is 0 Å². The van der Waals surface area contributed by atoms with E-state index in [2.05, 4.69) is 17.4 Å². The normalized spacial score (nSPS) is 17.8. The smallest absolute Gasteiger partial charge is 0.231 e. The van der Waals surface area contributed by atoms with E-state index in [1.54, 1.807) is 14.2 Å². The fourth-order valence-corrected chi connectivity index (χ4v) is 4.91. The number of halogens is 1. The van der Waals surface area contributed by atoms with E-state index in [1.165, 1.54) is 22.3 Å². The minimum Gasteiger partial charge on any atom is -0.493 e. The van der Waals surface area contributed by atoms with E-state index in [0.717, 1.165) is 61.9 Å². The van der Waals surface area contributed by atoms with Crippen LogP contribution in [-0.2, 0) is 24.1 Å². The van der Waals surface area contributed by atoms with Gasteiger partial charge in [0.05, 0.1) is 14.2 Å². The molecular formula is C25H31ClN2O5. The predicted octanol–water partition coefficient (Wildman–Crippen LogP) is 3.10. The van der Waals surface area contributed by atoms with E-state index >= 15 is 0 Å². The average Bonchev–Trinajstić information content (AvgIpc) is 3.16. The summed E-state index contributed by atoms with van der Waals surface area (Å²) in [5.41, 5.74) is 5.15. The highest BCUT2D eigenvalue weighted by molar-refractivity contribution is 5.85. The average molecular weight is 475 g/mol. The van der Waals surface area contributed by atoms with Crippen molar-refractivity contribution in [3.8, 4) is 23.0 Å². The molecule has 2 aromatic rings. The molecule has 0 saturated heterocycles. The second-order valence-corrected chi connectivity index (χ2v) is 8.62. The Morgan fingerprint density at radius 3 is 2.27 bits per heavy atom. The first-order valence-electron chi connectivity index (χ1n) is 11.3. The Bertz CT molecular complexity index is 993. The highest BCUT2D eigenvalue weighted by Gasteiger charge is 2.30. The maximum atomic E-state index is 12.8. The third kappa shape index (κ3) is 4.70. The second-order valence-electron chi connectivity index (χ2n) is 8.62. The van der Waals surface area contributed by atoms with Crippen molar-refractivity contribution >= 4 is 18.3 Å². The summed E-state index contributed by atoms with van der Waals surface area (Å²) in [5, 5.41) is 3.48. The van der Waals surface area contributed by atoms with Gasteiger partial charge in [-0.2, -0.15) is 0 Å². The monoisotopic (exact) mass is 474 g/mol. The summed E-state index contributed by atoms with van der Waals surface area (Å²) in [4.78, 5) is 14.8. The SMILES string of the molecule is COc1cc2c(cc1OC)CCN(C(=O)CCNCC1Cc3cc4c(cc31)OCO4)CC2.Cl. The van der Waals surface area contributed by atoms with Crippen molar-refractivity contribution in [3.63, 3.8) is 0 Å². The maximum Gasteiger partial charge on any atom is 0.231 e. The van der Waals surface area contributed by atoms with Crippen LogP contribution in [0.5, 0.6) is 23.0 Å². The first kappa shape index (κ1) is 23.5. The van der Waals surface area contributed by atoms with Gasteiger partial charge < -0.3 is 29.2 Å². The van der Waals surface area contributed by atoms with Crippen LogP contribution in [0.3, 0.4) is 0 Å². The predicted molar refractivity (Wildman–Crippen MR) is 127 cm³/mol. The fraction of sp³-hybridized carbons (Fsp3) is 0.480. The third-order valence-electron chi connectivity index (χ3n) is 6.81. The number of amides is 1. The van der Waals surface area contributed by atoms with Gasteiger partial charge in [0, 0.05) is 38.5 Å². The number of rotatable bonds is 7. The number of carbonyl (C=O) groups is 1. The van der Waals surface area contributed by atoms with E-state index < -0.39 is 0 Å². The molecule has 1 atom stereocenters. The van der Waals surface area contributed by atoms with Crippen molar-refractivity contribution in [2.45, 2.75) is 31.6 Å². The summed E-state index contributed by atoms with van der Waals surface area (Å²) in [7, 11) is 3.31. The molecule has 8 heteroatoms. The van der Waals surface area contributed by atoms with Gasteiger partial charge in [-0.15, -0.1) is 12.4 Å².